The number of nitrogens with one attached hydrogen (secondary N) is 1. The average molecular weight is 356 g/mol. The van der Waals surface area contributed by atoms with Crippen LogP contribution < -0.4 is 5.32 Å². The summed E-state index contributed by atoms with van der Waals surface area (Å²) in [7, 11) is 1.39. The monoisotopic (exact) mass is 355 g/mol. The molecule has 9 heteroatoms. The van der Waals surface area contributed by atoms with Gasteiger partial charge in [-0.15, -0.1) is 0 Å². The number of carbonyl (C=O) groups is 1. The molecule has 1 aromatic carbocycles. The number of aliphatic hydroxyl groups excluding tert-OH is 2. The third-order valence-electron chi connectivity index (χ3n) is 2.52. The molecule has 1 amide bonds. The number of hydrogen-bond donors (Lipinski definition) is 3. The lowest BCUT2D eigenvalue weighted by Crippen LogP contribution is -2.44. The molecular formula is C12H15Cl2NO5S. The van der Waals surface area contributed by atoms with Gasteiger partial charge in [0.15, 0.2) is 4.84 Å². The molecule has 0 bridgehead atoms. The number of aliphatic hydroxyl groups is 2. The molecule has 118 valence electrons. The van der Waals surface area contributed by atoms with Crippen molar-refractivity contribution in [3.63, 3.8) is 0 Å². The summed E-state index contributed by atoms with van der Waals surface area (Å²) in [4.78, 5) is 15.3. The predicted molar refractivity (Wildman–Crippen MR) is 79.9 cm³/mol. The number of rotatable bonds is 8. The quantitative estimate of drug-likeness (QED) is 0.284. The van der Waals surface area contributed by atoms with Crippen molar-refractivity contribution in [1.82, 2.24) is 5.32 Å². The molecule has 0 heterocycles. The summed E-state index contributed by atoms with van der Waals surface area (Å²) in [6.07, 6.45) is -1.10. The van der Waals surface area contributed by atoms with Gasteiger partial charge in [-0.3, -0.25) is 4.79 Å². The second-order valence-corrected chi connectivity index (χ2v) is 5.80. The van der Waals surface area contributed by atoms with Gasteiger partial charge in [0.25, 0.3) is 5.91 Å². The summed E-state index contributed by atoms with van der Waals surface area (Å²) in [5.74, 6) is -0.683. The van der Waals surface area contributed by atoms with Crippen molar-refractivity contribution >= 4 is 41.2 Å². The van der Waals surface area contributed by atoms with Crippen LogP contribution in [-0.4, -0.2) is 40.7 Å². The van der Waals surface area contributed by atoms with Crippen LogP contribution in [0.15, 0.2) is 29.2 Å². The lowest BCUT2D eigenvalue weighted by atomic mass is 10.0. The molecular weight excluding hydrogens is 341 g/mol. The van der Waals surface area contributed by atoms with Crippen LogP contribution in [0.4, 0.5) is 0 Å². The maximum absolute atomic E-state index is 11.4. The van der Waals surface area contributed by atoms with E-state index in [1.54, 1.807) is 24.3 Å². The molecule has 0 aliphatic carbocycles. The summed E-state index contributed by atoms with van der Waals surface area (Å²) in [6.45, 7) is -0.462. The van der Waals surface area contributed by atoms with E-state index in [0.29, 0.717) is 5.56 Å². The molecule has 0 radical (unpaired) electrons. The Bertz CT molecular complexity index is 446. The fraction of sp³-hybridized carbons (Fsp3) is 0.417. The molecule has 1 rings (SSSR count). The fourth-order valence-electron chi connectivity index (χ4n) is 1.50. The summed E-state index contributed by atoms with van der Waals surface area (Å²) >= 11 is 11.8. The normalized spacial score (nSPS) is 14.0. The molecule has 21 heavy (non-hydrogen) atoms. The SMILES string of the molecule is COOSc1ccc([C@@H](O)[C@@H](CO)NC(=O)C(Cl)Cl)cc1. The highest BCUT2D eigenvalue weighted by Gasteiger charge is 2.24. The third-order valence-corrected chi connectivity index (χ3v) is 3.59. The van der Waals surface area contributed by atoms with Gasteiger partial charge in [-0.25, -0.2) is 4.89 Å². The molecule has 2 atom stereocenters. The number of halogens is 2. The molecule has 0 unspecified atom stereocenters. The molecule has 0 aliphatic heterocycles. The van der Waals surface area contributed by atoms with Gasteiger partial charge in [0, 0.05) is 4.90 Å². The number of carbonyl (C=O) groups excluding carboxylic acids is 1. The Morgan fingerprint density at radius 3 is 2.48 bits per heavy atom. The van der Waals surface area contributed by atoms with Crippen molar-refractivity contribution in [3.05, 3.63) is 29.8 Å². The Hall–Kier alpha value is -0.540. The van der Waals surface area contributed by atoms with E-state index in [9.17, 15) is 15.0 Å². The molecule has 0 spiro atoms. The van der Waals surface area contributed by atoms with Crippen molar-refractivity contribution < 1.29 is 24.2 Å². The van der Waals surface area contributed by atoms with Crippen LogP contribution in [0.25, 0.3) is 0 Å². The van der Waals surface area contributed by atoms with Crippen molar-refractivity contribution in [2.75, 3.05) is 13.7 Å². The molecule has 0 saturated heterocycles. The van der Waals surface area contributed by atoms with Gasteiger partial charge in [0.2, 0.25) is 0 Å². The molecule has 1 aromatic rings. The van der Waals surface area contributed by atoms with Gasteiger partial charge in [-0.05, 0) is 17.7 Å². The summed E-state index contributed by atoms with van der Waals surface area (Å²) < 4.78 is 4.70. The first-order valence-corrected chi connectivity index (χ1v) is 7.45. The first-order chi connectivity index (χ1) is 9.99. The highest BCUT2D eigenvalue weighted by atomic mass is 35.5. The maximum Gasteiger partial charge on any atom is 0.253 e. The van der Waals surface area contributed by atoms with E-state index in [-0.39, 0.29) is 0 Å². The predicted octanol–water partition coefficient (Wildman–Crippen LogP) is 1.59. The minimum absolute atomic E-state index is 0.462. The number of hydrogen-bond acceptors (Lipinski definition) is 6. The van der Waals surface area contributed by atoms with Crippen LogP contribution in [0.3, 0.4) is 0 Å². The summed E-state index contributed by atoms with van der Waals surface area (Å²) in [6, 6.07) is 5.76. The smallest absolute Gasteiger partial charge is 0.253 e. The third kappa shape index (κ3) is 5.99. The largest absolute Gasteiger partial charge is 0.394 e. The van der Waals surface area contributed by atoms with Crippen LogP contribution in [0, 0.1) is 0 Å². The van der Waals surface area contributed by atoms with Crippen LogP contribution in [-0.2, 0) is 14.0 Å². The van der Waals surface area contributed by atoms with E-state index in [2.05, 4.69) is 10.2 Å². The number of amides is 1. The van der Waals surface area contributed by atoms with Crippen LogP contribution in [0.5, 0.6) is 0 Å². The Balaban J connectivity index is 2.71. The first-order valence-electron chi connectivity index (χ1n) is 5.84. The Kier molecular flexibility index (Phi) is 8.35. The minimum atomic E-state index is -1.27. The zero-order valence-electron chi connectivity index (χ0n) is 11.0. The Morgan fingerprint density at radius 2 is 2.00 bits per heavy atom. The Morgan fingerprint density at radius 1 is 1.38 bits per heavy atom. The molecule has 0 saturated carbocycles. The van der Waals surface area contributed by atoms with E-state index in [1.807, 2.05) is 0 Å². The lowest BCUT2D eigenvalue weighted by molar-refractivity contribution is -0.160. The zero-order valence-corrected chi connectivity index (χ0v) is 13.4. The molecule has 6 nitrogen and oxygen atoms in total. The molecule has 0 aromatic heterocycles. The first kappa shape index (κ1) is 18.5. The van der Waals surface area contributed by atoms with Gasteiger partial charge in [-0.1, -0.05) is 35.3 Å². The van der Waals surface area contributed by atoms with E-state index in [4.69, 9.17) is 27.5 Å². The fourth-order valence-corrected chi connectivity index (χ4v) is 2.02. The summed E-state index contributed by atoms with van der Waals surface area (Å²) in [5, 5.41) is 21.8. The molecule has 3 N–H and O–H groups in total. The van der Waals surface area contributed by atoms with E-state index < -0.39 is 29.5 Å². The van der Waals surface area contributed by atoms with Crippen LogP contribution >= 0.6 is 35.2 Å². The molecule has 0 fully saturated rings. The lowest BCUT2D eigenvalue weighted by Gasteiger charge is -2.23. The van der Waals surface area contributed by atoms with E-state index in [0.717, 1.165) is 16.9 Å². The van der Waals surface area contributed by atoms with Gasteiger partial charge >= 0.3 is 0 Å². The zero-order chi connectivity index (χ0) is 15.8. The van der Waals surface area contributed by atoms with Gasteiger partial charge < -0.3 is 15.5 Å². The van der Waals surface area contributed by atoms with Gasteiger partial charge in [0.1, 0.15) is 6.10 Å². The van der Waals surface area contributed by atoms with Gasteiger partial charge in [-0.2, -0.15) is 4.33 Å². The highest BCUT2D eigenvalue weighted by molar-refractivity contribution is 7.94. The topological polar surface area (TPSA) is 88.0 Å². The van der Waals surface area contributed by atoms with Crippen molar-refractivity contribution in [2.24, 2.45) is 0 Å². The van der Waals surface area contributed by atoms with Crippen LogP contribution in [0.1, 0.15) is 11.7 Å². The summed E-state index contributed by atoms with van der Waals surface area (Å²) in [5.41, 5.74) is 0.511. The average Bonchev–Trinajstić information content (AvgIpc) is 2.50. The Labute approximate surface area is 136 Å². The second kappa shape index (κ2) is 9.47. The molecule has 0 aliphatic rings. The standard InChI is InChI=1S/C12H15Cl2NO5S/c1-19-20-21-8-4-2-7(3-5-8)10(17)9(6-16)15-12(18)11(13)14/h2-5,9-11,16-17H,6H2,1H3,(H,15,18)/t9-,10-/m1/s1. The van der Waals surface area contributed by atoms with Crippen LogP contribution in [0.2, 0.25) is 0 Å². The van der Waals surface area contributed by atoms with Crippen molar-refractivity contribution in [3.8, 4) is 0 Å². The van der Waals surface area contributed by atoms with Crippen molar-refractivity contribution in [2.45, 2.75) is 21.9 Å². The van der Waals surface area contributed by atoms with Crippen molar-refractivity contribution in [1.29, 1.82) is 0 Å². The number of alkyl halides is 2. The minimum Gasteiger partial charge on any atom is -0.394 e. The number of benzene rings is 1. The van der Waals surface area contributed by atoms with E-state index >= 15 is 0 Å². The van der Waals surface area contributed by atoms with Gasteiger partial charge in [0.05, 0.1) is 31.8 Å². The highest BCUT2D eigenvalue weighted by Crippen LogP contribution is 2.23. The second-order valence-electron chi connectivity index (χ2n) is 3.93. The maximum atomic E-state index is 11.4. The van der Waals surface area contributed by atoms with E-state index in [1.165, 1.54) is 7.11 Å².